The molecule has 0 aromatic carbocycles. The molecule has 0 bridgehead atoms. The molecule has 1 rings (SSSR count). The Morgan fingerprint density at radius 3 is 3.18 bits per heavy atom. The van der Waals surface area contributed by atoms with Gasteiger partial charge in [0, 0.05) is 7.05 Å². The van der Waals surface area contributed by atoms with Gasteiger partial charge < -0.3 is 20.6 Å². The van der Waals surface area contributed by atoms with Crippen LogP contribution in [0.1, 0.15) is 0 Å². The van der Waals surface area contributed by atoms with Gasteiger partial charge in [0.15, 0.2) is 12.2 Å². The summed E-state index contributed by atoms with van der Waals surface area (Å²) in [5, 5.41) is 28.4. The van der Waals surface area contributed by atoms with Crippen molar-refractivity contribution in [2.24, 2.45) is 9.98 Å². The Bertz CT molecular complexity index is 333. The molecule has 0 radical (unpaired) electrons. The molecule has 0 fully saturated rings. The summed E-state index contributed by atoms with van der Waals surface area (Å²) in [6.45, 7) is 1.25. The van der Waals surface area contributed by atoms with Gasteiger partial charge in [-0.05, 0) is 0 Å². The highest BCUT2D eigenvalue weighted by molar-refractivity contribution is 5.83. The second-order valence-electron chi connectivity index (χ2n) is 3.07. The maximum Gasteiger partial charge on any atom is 0.211 e. The molecule has 0 aromatic heterocycles. The van der Waals surface area contributed by atoms with Crippen LogP contribution in [0.3, 0.4) is 0 Å². The summed E-state index contributed by atoms with van der Waals surface area (Å²) in [4.78, 5) is 9.78. The molecule has 5 N–H and O–H groups in total. The van der Waals surface area contributed by atoms with E-state index in [0.29, 0.717) is 31.9 Å². The first-order valence-corrected chi connectivity index (χ1v) is 5.02. The number of guanidine groups is 2. The van der Waals surface area contributed by atoms with Crippen LogP contribution < -0.4 is 21.3 Å². The fraction of sp³-hybridized carbons (Fsp3) is 0.625. The second-order valence-corrected chi connectivity index (χ2v) is 3.07. The number of hydrogen-bond donors (Lipinski definition) is 5. The zero-order valence-corrected chi connectivity index (χ0v) is 9.56. The van der Waals surface area contributed by atoms with Gasteiger partial charge in [0.2, 0.25) is 5.96 Å². The van der Waals surface area contributed by atoms with Gasteiger partial charge in [-0.2, -0.15) is 5.26 Å². The van der Waals surface area contributed by atoms with E-state index in [-0.39, 0.29) is 6.73 Å². The maximum absolute atomic E-state index is 8.70. The Morgan fingerprint density at radius 2 is 2.53 bits per heavy atom. The first kappa shape index (κ1) is 13.0. The van der Waals surface area contributed by atoms with Crippen LogP contribution in [0.5, 0.6) is 0 Å². The fourth-order valence-electron chi connectivity index (χ4n) is 1.26. The van der Waals surface area contributed by atoms with Crippen LogP contribution in [0.25, 0.3) is 0 Å². The SMILES string of the molecule is CN=C(NCO)NCN1CNCN=C1NC#N. The highest BCUT2D eigenvalue weighted by Gasteiger charge is 2.14. The van der Waals surface area contributed by atoms with Gasteiger partial charge in [-0.3, -0.25) is 15.6 Å². The summed E-state index contributed by atoms with van der Waals surface area (Å²) in [7, 11) is 1.60. The Hall–Kier alpha value is -2.05. The molecule has 94 valence electrons. The molecule has 0 amide bonds. The topological polar surface area (TPSA) is 120 Å². The number of rotatable bonds is 3. The van der Waals surface area contributed by atoms with Gasteiger partial charge in [-0.25, -0.2) is 4.99 Å². The third-order valence-corrected chi connectivity index (χ3v) is 2.02. The van der Waals surface area contributed by atoms with Crippen molar-refractivity contribution in [1.29, 1.82) is 5.26 Å². The third-order valence-electron chi connectivity index (χ3n) is 2.02. The highest BCUT2D eigenvalue weighted by Crippen LogP contribution is 1.91. The van der Waals surface area contributed by atoms with Crippen LogP contribution >= 0.6 is 0 Å². The van der Waals surface area contributed by atoms with Crippen molar-refractivity contribution in [3.8, 4) is 6.19 Å². The lowest BCUT2D eigenvalue weighted by atomic mass is 10.6. The highest BCUT2D eigenvalue weighted by atomic mass is 16.3. The molecule has 1 aliphatic rings. The zero-order valence-electron chi connectivity index (χ0n) is 9.56. The van der Waals surface area contributed by atoms with Crippen molar-refractivity contribution in [3.05, 3.63) is 0 Å². The number of nitrogens with zero attached hydrogens (tertiary/aromatic N) is 4. The molecule has 1 aliphatic heterocycles. The molecule has 0 saturated heterocycles. The average molecular weight is 240 g/mol. The van der Waals surface area contributed by atoms with Gasteiger partial charge in [-0.1, -0.05) is 0 Å². The summed E-state index contributed by atoms with van der Waals surface area (Å²) < 4.78 is 0. The molecule has 0 saturated carbocycles. The summed E-state index contributed by atoms with van der Waals surface area (Å²) in [5.74, 6) is 0.965. The molecule has 0 aliphatic carbocycles. The molecule has 9 nitrogen and oxygen atoms in total. The van der Waals surface area contributed by atoms with E-state index in [2.05, 4.69) is 31.3 Å². The molecule has 0 aromatic rings. The molecule has 17 heavy (non-hydrogen) atoms. The number of hydrogen-bond acceptors (Lipinski definition) is 7. The largest absolute Gasteiger partial charge is 0.376 e. The van der Waals surface area contributed by atoms with Crippen molar-refractivity contribution >= 4 is 11.9 Å². The Balaban J connectivity index is 2.47. The quantitative estimate of drug-likeness (QED) is 0.120. The molecular formula is C8H16N8O. The van der Waals surface area contributed by atoms with Crippen molar-refractivity contribution in [2.45, 2.75) is 0 Å². The van der Waals surface area contributed by atoms with E-state index in [1.165, 1.54) is 0 Å². The first-order chi connectivity index (χ1) is 8.31. The van der Waals surface area contributed by atoms with Crippen LogP contribution in [0.15, 0.2) is 9.98 Å². The van der Waals surface area contributed by atoms with E-state index in [0.717, 1.165) is 0 Å². The lowest BCUT2D eigenvalue weighted by Gasteiger charge is -2.29. The molecule has 0 unspecified atom stereocenters. The van der Waals surface area contributed by atoms with Gasteiger partial charge >= 0.3 is 0 Å². The van der Waals surface area contributed by atoms with Gasteiger partial charge in [0.25, 0.3) is 0 Å². The smallest absolute Gasteiger partial charge is 0.211 e. The molecule has 9 heteroatoms. The molecular weight excluding hydrogens is 224 g/mol. The lowest BCUT2D eigenvalue weighted by Crippen LogP contribution is -2.54. The summed E-state index contributed by atoms with van der Waals surface area (Å²) in [6, 6.07) is 0. The third kappa shape index (κ3) is 4.13. The van der Waals surface area contributed by atoms with E-state index >= 15 is 0 Å². The van der Waals surface area contributed by atoms with Crippen molar-refractivity contribution in [3.63, 3.8) is 0 Å². The van der Waals surface area contributed by atoms with Crippen molar-refractivity contribution < 1.29 is 5.11 Å². The van der Waals surface area contributed by atoms with Crippen LogP contribution in [-0.2, 0) is 0 Å². The van der Waals surface area contributed by atoms with Gasteiger partial charge in [-0.15, -0.1) is 0 Å². The van der Waals surface area contributed by atoms with E-state index in [1.54, 1.807) is 11.9 Å². The number of aliphatic hydroxyl groups excluding tert-OH is 1. The number of nitriles is 1. The Morgan fingerprint density at radius 1 is 1.71 bits per heavy atom. The zero-order chi connectivity index (χ0) is 12.5. The minimum Gasteiger partial charge on any atom is -0.376 e. The van der Waals surface area contributed by atoms with Crippen LogP contribution in [0.4, 0.5) is 0 Å². The standard InChI is InChI=1S/C8H16N8O/c1-10-7(15-6-17)14-5-16-4-11-3-13-8(16)12-2-9/h11,17H,3-6H2,1H3,(H,12,13)(H2,10,14,15). The van der Waals surface area contributed by atoms with Crippen LogP contribution in [0.2, 0.25) is 0 Å². The minimum atomic E-state index is -0.199. The molecule has 0 spiro atoms. The molecule has 1 heterocycles. The normalized spacial score (nSPS) is 15.9. The number of aliphatic hydroxyl groups is 1. The Kier molecular flexibility index (Phi) is 5.56. The summed E-state index contributed by atoms with van der Waals surface area (Å²) >= 11 is 0. The van der Waals surface area contributed by atoms with E-state index in [1.807, 2.05) is 6.19 Å². The monoisotopic (exact) mass is 240 g/mol. The fourth-order valence-corrected chi connectivity index (χ4v) is 1.26. The first-order valence-electron chi connectivity index (χ1n) is 5.02. The van der Waals surface area contributed by atoms with Crippen molar-refractivity contribution in [1.82, 2.24) is 26.2 Å². The Labute approximate surface area is 99.2 Å². The average Bonchev–Trinajstić information content (AvgIpc) is 2.36. The summed E-state index contributed by atoms with van der Waals surface area (Å²) in [5.41, 5.74) is 0. The number of nitrogens with one attached hydrogen (secondary N) is 4. The minimum absolute atomic E-state index is 0.199. The van der Waals surface area contributed by atoms with Crippen molar-refractivity contribution in [2.75, 3.05) is 33.8 Å². The number of aliphatic imine (C=N–C) groups is 2. The van der Waals surface area contributed by atoms with Crippen LogP contribution in [-0.4, -0.2) is 55.7 Å². The van der Waals surface area contributed by atoms with Gasteiger partial charge in [0.05, 0.1) is 20.0 Å². The second kappa shape index (κ2) is 7.26. The van der Waals surface area contributed by atoms with Gasteiger partial charge in [0.1, 0.15) is 6.73 Å². The predicted octanol–water partition coefficient (Wildman–Crippen LogP) is -2.69. The maximum atomic E-state index is 8.70. The van der Waals surface area contributed by atoms with E-state index in [9.17, 15) is 0 Å². The summed E-state index contributed by atoms with van der Waals surface area (Å²) in [6.07, 6.45) is 1.83. The predicted molar refractivity (Wildman–Crippen MR) is 62.5 cm³/mol. The van der Waals surface area contributed by atoms with Crippen LogP contribution in [0, 0.1) is 11.5 Å². The molecule has 0 atom stereocenters. The lowest BCUT2D eigenvalue weighted by molar-refractivity contribution is 0.282. The van der Waals surface area contributed by atoms with E-state index < -0.39 is 0 Å². The van der Waals surface area contributed by atoms with E-state index in [4.69, 9.17) is 10.4 Å².